The molecule has 0 unspecified atom stereocenters. The molecule has 0 aliphatic rings. The number of para-hydroxylation sites is 4. The number of nitrogens with zero attached hydrogens (tertiary/aromatic N) is 3. The molecule has 0 atom stereocenters. The van der Waals surface area contributed by atoms with Gasteiger partial charge in [-0.2, -0.15) is 0 Å². The van der Waals surface area contributed by atoms with Gasteiger partial charge in [-0.25, -0.2) is 0 Å². The predicted molar refractivity (Wildman–Crippen MR) is 258 cm³/mol. The number of anilines is 3. The summed E-state index contributed by atoms with van der Waals surface area (Å²) in [4.78, 5) is 2.41. The van der Waals surface area contributed by atoms with E-state index in [1.54, 1.807) is 0 Å². The molecule has 10 aromatic carbocycles. The topological polar surface area (TPSA) is 13.1 Å². The molecule has 2 aromatic heterocycles. The highest BCUT2D eigenvalue weighted by Gasteiger charge is 2.21. The third-order valence-corrected chi connectivity index (χ3v) is 12.3. The van der Waals surface area contributed by atoms with Crippen LogP contribution in [0.15, 0.2) is 237 Å². The lowest BCUT2D eigenvalue weighted by Gasteiger charge is -2.27. The first-order chi connectivity index (χ1) is 30.3. The predicted octanol–water partition coefficient (Wildman–Crippen LogP) is 15.8. The molecular formula is C58H39N3. The van der Waals surface area contributed by atoms with Crippen molar-refractivity contribution in [2.75, 3.05) is 4.90 Å². The van der Waals surface area contributed by atoms with Crippen LogP contribution in [0.2, 0.25) is 0 Å². The molecule has 2 heterocycles. The van der Waals surface area contributed by atoms with Crippen molar-refractivity contribution in [2.24, 2.45) is 0 Å². The number of hydrogen-bond acceptors (Lipinski definition) is 1. The minimum atomic E-state index is 1.08. The summed E-state index contributed by atoms with van der Waals surface area (Å²) in [5, 5.41) is 7.38. The van der Waals surface area contributed by atoms with Gasteiger partial charge >= 0.3 is 0 Å². The van der Waals surface area contributed by atoms with Crippen LogP contribution in [0.1, 0.15) is 0 Å². The summed E-state index contributed by atoms with van der Waals surface area (Å²) in [5.41, 5.74) is 15.0. The zero-order valence-electron chi connectivity index (χ0n) is 33.4. The van der Waals surface area contributed by atoms with E-state index in [4.69, 9.17) is 0 Å². The van der Waals surface area contributed by atoms with Crippen molar-refractivity contribution < 1.29 is 0 Å². The Hall–Kier alpha value is -8.14. The van der Waals surface area contributed by atoms with Gasteiger partial charge in [0.05, 0.1) is 27.8 Å². The molecule has 0 saturated carbocycles. The second-order valence-corrected chi connectivity index (χ2v) is 15.7. The van der Waals surface area contributed by atoms with E-state index in [1.165, 1.54) is 65.6 Å². The Morgan fingerprint density at radius 2 is 0.787 bits per heavy atom. The van der Waals surface area contributed by atoms with Crippen molar-refractivity contribution in [1.29, 1.82) is 0 Å². The fraction of sp³-hybridized carbons (Fsp3) is 0. The summed E-state index contributed by atoms with van der Waals surface area (Å²) in [5.74, 6) is 0. The monoisotopic (exact) mass is 777 g/mol. The van der Waals surface area contributed by atoms with Crippen LogP contribution in [0, 0.1) is 0 Å². The Morgan fingerprint density at radius 1 is 0.279 bits per heavy atom. The molecule has 0 amide bonds. The number of hydrogen-bond donors (Lipinski definition) is 0. The largest absolute Gasteiger partial charge is 0.310 e. The van der Waals surface area contributed by atoms with Crippen LogP contribution in [-0.4, -0.2) is 9.13 Å². The number of fused-ring (bicyclic) bond motifs is 7. The minimum absolute atomic E-state index is 1.08. The average molecular weight is 778 g/mol. The van der Waals surface area contributed by atoms with Crippen molar-refractivity contribution in [2.45, 2.75) is 0 Å². The van der Waals surface area contributed by atoms with Crippen molar-refractivity contribution >= 4 is 71.4 Å². The summed E-state index contributed by atoms with van der Waals surface area (Å²) >= 11 is 0. The van der Waals surface area contributed by atoms with E-state index in [-0.39, 0.29) is 0 Å². The van der Waals surface area contributed by atoms with Crippen molar-refractivity contribution in [3.05, 3.63) is 237 Å². The van der Waals surface area contributed by atoms with Gasteiger partial charge in [-0.1, -0.05) is 164 Å². The van der Waals surface area contributed by atoms with Gasteiger partial charge in [0.25, 0.3) is 0 Å². The van der Waals surface area contributed by atoms with E-state index >= 15 is 0 Å². The van der Waals surface area contributed by atoms with Gasteiger partial charge in [0.1, 0.15) is 0 Å². The molecule has 0 spiro atoms. The Labute approximate surface area is 354 Å². The Morgan fingerprint density at radius 3 is 1.48 bits per heavy atom. The van der Waals surface area contributed by atoms with Gasteiger partial charge < -0.3 is 14.0 Å². The molecule has 0 aliphatic carbocycles. The molecule has 0 fully saturated rings. The molecule has 0 radical (unpaired) electrons. The van der Waals surface area contributed by atoms with Crippen LogP contribution in [0.5, 0.6) is 0 Å². The van der Waals surface area contributed by atoms with Gasteiger partial charge in [0.2, 0.25) is 0 Å². The lowest BCUT2D eigenvalue weighted by atomic mass is 9.95. The van der Waals surface area contributed by atoms with E-state index in [9.17, 15) is 0 Å². The second kappa shape index (κ2) is 14.3. The van der Waals surface area contributed by atoms with Crippen LogP contribution < -0.4 is 4.90 Å². The summed E-state index contributed by atoms with van der Waals surface area (Å²) < 4.78 is 4.85. The zero-order valence-corrected chi connectivity index (χ0v) is 33.4. The molecule has 0 aliphatic heterocycles. The zero-order chi connectivity index (χ0) is 40.3. The standard InChI is InChI=1S/C58H39N3/c1-3-16-40(17-4-1)41-30-33-45(34-31-41)59(47-35-36-52-51-26-9-12-27-53(51)60(57(52)39-47)44-20-5-2-6-21-44)46-22-15-19-43(38-46)58-48-23-8-7-18-42(48)32-37-56(58)61-54-28-13-10-24-49(54)50-25-11-14-29-55(50)61/h1-39H. The third kappa shape index (κ3) is 5.74. The maximum absolute atomic E-state index is 2.45. The third-order valence-electron chi connectivity index (χ3n) is 12.3. The van der Waals surface area contributed by atoms with Crippen molar-refractivity contribution in [3.63, 3.8) is 0 Å². The highest BCUT2D eigenvalue weighted by Crippen LogP contribution is 2.44. The first-order valence-electron chi connectivity index (χ1n) is 20.9. The molecule has 0 saturated heterocycles. The normalized spacial score (nSPS) is 11.6. The molecule has 12 aromatic rings. The van der Waals surface area contributed by atoms with Crippen LogP contribution >= 0.6 is 0 Å². The molecule has 0 bridgehead atoms. The lowest BCUT2D eigenvalue weighted by molar-refractivity contribution is 1.18. The molecule has 0 N–H and O–H groups in total. The van der Waals surface area contributed by atoms with Crippen molar-refractivity contribution in [3.8, 4) is 33.6 Å². The molecular weight excluding hydrogens is 739 g/mol. The van der Waals surface area contributed by atoms with Gasteiger partial charge in [0, 0.05) is 49.9 Å². The van der Waals surface area contributed by atoms with Crippen LogP contribution in [0.25, 0.3) is 88.0 Å². The van der Waals surface area contributed by atoms with E-state index in [0.717, 1.165) is 39.5 Å². The average Bonchev–Trinajstić information content (AvgIpc) is 3.85. The molecule has 3 heteroatoms. The van der Waals surface area contributed by atoms with Gasteiger partial charge in [0.15, 0.2) is 0 Å². The Balaban J connectivity index is 1.10. The van der Waals surface area contributed by atoms with E-state index in [0.29, 0.717) is 0 Å². The molecule has 286 valence electrons. The van der Waals surface area contributed by atoms with Gasteiger partial charge in [-0.3, -0.25) is 0 Å². The highest BCUT2D eigenvalue weighted by atomic mass is 15.1. The number of rotatable bonds is 7. The summed E-state index contributed by atoms with van der Waals surface area (Å²) in [6.07, 6.45) is 0. The molecule has 61 heavy (non-hydrogen) atoms. The fourth-order valence-electron chi connectivity index (χ4n) is 9.57. The quantitative estimate of drug-likeness (QED) is 0.157. The van der Waals surface area contributed by atoms with E-state index in [2.05, 4.69) is 251 Å². The van der Waals surface area contributed by atoms with Gasteiger partial charge in [-0.15, -0.1) is 0 Å². The first-order valence-corrected chi connectivity index (χ1v) is 20.9. The van der Waals surface area contributed by atoms with E-state index < -0.39 is 0 Å². The lowest BCUT2D eigenvalue weighted by Crippen LogP contribution is -2.10. The maximum atomic E-state index is 2.45. The Bertz CT molecular complexity index is 3530. The minimum Gasteiger partial charge on any atom is -0.310 e. The summed E-state index contributed by atoms with van der Waals surface area (Å²) in [6.45, 7) is 0. The van der Waals surface area contributed by atoms with Crippen LogP contribution in [0.4, 0.5) is 17.1 Å². The summed E-state index contributed by atoms with van der Waals surface area (Å²) in [6, 6.07) is 86.0. The van der Waals surface area contributed by atoms with Gasteiger partial charge in [-0.05, 0) is 100 Å². The Kier molecular flexibility index (Phi) is 8.17. The SMILES string of the molecule is c1ccc(-c2ccc(N(c3cccc(-c4c(-n5c6ccccc6c6ccccc65)ccc5ccccc45)c3)c3ccc4c5ccccc5n(-c5ccccc5)c4c3)cc2)cc1. The fourth-order valence-corrected chi connectivity index (χ4v) is 9.57. The van der Waals surface area contributed by atoms with E-state index in [1.807, 2.05) is 0 Å². The van der Waals surface area contributed by atoms with Crippen LogP contribution in [0.3, 0.4) is 0 Å². The van der Waals surface area contributed by atoms with Crippen LogP contribution in [-0.2, 0) is 0 Å². The molecule has 3 nitrogen and oxygen atoms in total. The smallest absolute Gasteiger partial charge is 0.0561 e. The maximum Gasteiger partial charge on any atom is 0.0561 e. The highest BCUT2D eigenvalue weighted by molar-refractivity contribution is 6.12. The number of benzene rings is 10. The van der Waals surface area contributed by atoms with Crippen molar-refractivity contribution in [1.82, 2.24) is 9.13 Å². The summed E-state index contributed by atoms with van der Waals surface area (Å²) in [7, 11) is 0. The first kappa shape index (κ1) is 34.9. The number of aromatic nitrogens is 2. The molecule has 12 rings (SSSR count). The second-order valence-electron chi connectivity index (χ2n) is 15.7.